The van der Waals surface area contributed by atoms with Crippen molar-refractivity contribution >= 4 is 5.91 Å². The van der Waals surface area contributed by atoms with Gasteiger partial charge in [0, 0.05) is 0 Å². The number of rotatable bonds is 4. The molecule has 2 nitrogen and oxygen atoms in total. The van der Waals surface area contributed by atoms with Crippen LogP contribution in [0, 0.1) is 5.92 Å². The van der Waals surface area contributed by atoms with Crippen LogP contribution in [0.15, 0.2) is 30.3 Å². The first-order chi connectivity index (χ1) is 6.97. The van der Waals surface area contributed by atoms with E-state index >= 15 is 0 Å². The number of primary amides is 1. The van der Waals surface area contributed by atoms with Crippen LogP contribution in [0.1, 0.15) is 32.8 Å². The Balaban J connectivity index is 3.07. The van der Waals surface area contributed by atoms with E-state index in [-0.39, 0.29) is 5.91 Å². The number of amides is 1. The smallest absolute Gasteiger partial charge is 0.227 e. The summed E-state index contributed by atoms with van der Waals surface area (Å²) in [6.07, 6.45) is 0.784. The van der Waals surface area contributed by atoms with E-state index < -0.39 is 5.41 Å². The van der Waals surface area contributed by atoms with Gasteiger partial charge in [-0.2, -0.15) is 0 Å². The molecule has 82 valence electrons. The first kappa shape index (κ1) is 11.8. The number of hydrogen-bond donors (Lipinski definition) is 1. The molecular weight excluding hydrogens is 186 g/mol. The third-order valence-corrected chi connectivity index (χ3v) is 2.77. The molecule has 15 heavy (non-hydrogen) atoms. The first-order valence-electron chi connectivity index (χ1n) is 5.32. The summed E-state index contributed by atoms with van der Waals surface area (Å²) in [4.78, 5) is 11.6. The molecule has 0 aliphatic heterocycles. The van der Waals surface area contributed by atoms with Crippen molar-refractivity contribution in [2.24, 2.45) is 11.7 Å². The Morgan fingerprint density at radius 2 is 1.87 bits per heavy atom. The maximum absolute atomic E-state index is 11.6. The first-order valence-corrected chi connectivity index (χ1v) is 5.32. The molecule has 1 unspecified atom stereocenters. The van der Waals surface area contributed by atoms with E-state index in [1.807, 2.05) is 37.3 Å². The molecule has 0 radical (unpaired) electrons. The fourth-order valence-corrected chi connectivity index (χ4v) is 1.98. The number of carbonyl (C=O) groups is 1. The van der Waals surface area contributed by atoms with Gasteiger partial charge in [-0.15, -0.1) is 0 Å². The SMILES string of the molecule is CC(C)CC(C)(C(N)=O)c1ccccc1. The Bertz CT molecular complexity index is 332. The molecule has 2 N–H and O–H groups in total. The highest BCUT2D eigenvalue weighted by Gasteiger charge is 2.33. The summed E-state index contributed by atoms with van der Waals surface area (Å²) in [5.41, 5.74) is 5.97. The molecule has 1 aromatic carbocycles. The molecule has 0 bridgehead atoms. The second-order valence-corrected chi connectivity index (χ2v) is 4.66. The zero-order valence-electron chi connectivity index (χ0n) is 9.66. The predicted molar refractivity (Wildman–Crippen MR) is 62.4 cm³/mol. The molecule has 2 heteroatoms. The summed E-state index contributed by atoms with van der Waals surface area (Å²) in [6.45, 7) is 6.12. The molecular formula is C13H19NO. The second-order valence-electron chi connectivity index (χ2n) is 4.66. The molecule has 1 amide bonds. The predicted octanol–water partition coefficient (Wildman–Crippen LogP) is 2.48. The van der Waals surface area contributed by atoms with Gasteiger partial charge in [0.25, 0.3) is 0 Å². The van der Waals surface area contributed by atoms with Gasteiger partial charge < -0.3 is 5.73 Å². The van der Waals surface area contributed by atoms with E-state index in [1.54, 1.807) is 0 Å². The average molecular weight is 205 g/mol. The minimum absolute atomic E-state index is 0.248. The minimum Gasteiger partial charge on any atom is -0.369 e. The Labute approximate surface area is 91.5 Å². The summed E-state index contributed by atoms with van der Waals surface area (Å²) in [6, 6.07) is 9.76. The van der Waals surface area contributed by atoms with Crippen LogP contribution in [0.5, 0.6) is 0 Å². The number of carbonyl (C=O) groups excluding carboxylic acids is 1. The van der Waals surface area contributed by atoms with Crippen molar-refractivity contribution in [3.63, 3.8) is 0 Å². The van der Waals surface area contributed by atoms with Gasteiger partial charge in [-0.3, -0.25) is 4.79 Å². The molecule has 0 aliphatic carbocycles. The standard InChI is InChI=1S/C13H19NO/c1-10(2)9-13(3,12(14)15)11-7-5-4-6-8-11/h4-8,10H,9H2,1-3H3,(H2,14,15). The van der Waals surface area contributed by atoms with E-state index in [2.05, 4.69) is 13.8 Å². The van der Waals surface area contributed by atoms with E-state index in [1.165, 1.54) is 0 Å². The maximum atomic E-state index is 11.6. The lowest BCUT2D eigenvalue weighted by atomic mass is 9.75. The zero-order valence-corrected chi connectivity index (χ0v) is 9.66. The zero-order chi connectivity index (χ0) is 11.5. The van der Waals surface area contributed by atoms with Gasteiger partial charge in [0.1, 0.15) is 0 Å². The second kappa shape index (κ2) is 4.47. The van der Waals surface area contributed by atoms with Gasteiger partial charge in [0.15, 0.2) is 0 Å². The fraction of sp³-hybridized carbons (Fsp3) is 0.462. The highest BCUT2D eigenvalue weighted by atomic mass is 16.1. The number of nitrogens with two attached hydrogens (primary N) is 1. The Hall–Kier alpha value is -1.31. The molecule has 0 aliphatic rings. The van der Waals surface area contributed by atoms with Crippen LogP contribution in [0.25, 0.3) is 0 Å². The largest absolute Gasteiger partial charge is 0.369 e. The van der Waals surface area contributed by atoms with Gasteiger partial charge in [-0.25, -0.2) is 0 Å². The van der Waals surface area contributed by atoms with Crippen LogP contribution in [0.2, 0.25) is 0 Å². The highest BCUT2D eigenvalue weighted by Crippen LogP contribution is 2.30. The molecule has 0 aromatic heterocycles. The van der Waals surface area contributed by atoms with Crippen molar-refractivity contribution in [3.8, 4) is 0 Å². The monoisotopic (exact) mass is 205 g/mol. The van der Waals surface area contributed by atoms with Gasteiger partial charge >= 0.3 is 0 Å². The quantitative estimate of drug-likeness (QED) is 0.806. The summed E-state index contributed by atoms with van der Waals surface area (Å²) in [7, 11) is 0. The number of hydrogen-bond acceptors (Lipinski definition) is 1. The van der Waals surface area contributed by atoms with Gasteiger partial charge in [0.2, 0.25) is 5.91 Å². The molecule has 0 saturated heterocycles. The third-order valence-electron chi connectivity index (χ3n) is 2.77. The van der Waals surface area contributed by atoms with Crippen molar-refractivity contribution in [1.82, 2.24) is 0 Å². The van der Waals surface area contributed by atoms with Gasteiger partial charge in [0.05, 0.1) is 5.41 Å². The topological polar surface area (TPSA) is 43.1 Å². The summed E-state index contributed by atoms with van der Waals surface area (Å²) < 4.78 is 0. The summed E-state index contributed by atoms with van der Waals surface area (Å²) >= 11 is 0. The normalized spacial score (nSPS) is 14.9. The van der Waals surface area contributed by atoms with Gasteiger partial charge in [-0.05, 0) is 24.8 Å². The highest BCUT2D eigenvalue weighted by molar-refractivity contribution is 5.86. The summed E-state index contributed by atoms with van der Waals surface area (Å²) in [5, 5.41) is 0. The molecule has 0 heterocycles. The third kappa shape index (κ3) is 2.58. The lowest BCUT2D eigenvalue weighted by Crippen LogP contribution is -2.39. The molecule has 1 rings (SSSR count). The number of benzene rings is 1. The molecule has 0 spiro atoms. The van der Waals surface area contributed by atoms with Crippen LogP contribution >= 0.6 is 0 Å². The van der Waals surface area contributed by atoms with Crippen LogP contribution in [0.3, 0.4) is 0 Å². The van der Waals surface area contributed by atoms with Crippen molar-refractivity contribution in [2.45, 2.75) is 32.6 Å². The fourth-order valence-electron chi connectivity index (χ4n) is 1.98. The Morgan fingerprint density at radius 1 is 1.33 bits per heavy atom. The molecule has 1 aromatic rings. The molecule has 1 atom stereocenters. The molecule has 0 saturated carbocycles. The Morgan fingerprint density at radius 3 is 2.27 bits per heavy atom. The van der Waals surface area contributed by atoms with Crippen molar-refractivity contribution in [3.05, 3.63) is 35.9 Å². The van der Waals surface area contributed by atoms with E-state index in [9.17, 15) is 4.79 Å². The lowest BCUT2D eigenvalue weighted by Gasteiger charge is -2.28. The Kier molecular flexibility index (Phi) is 3.51. The van der Waals surface area contributed by atoms with Crippen molar-refractivity contribution in [2.75, 3.05) is 0 Å². The molecule has 0 fully saturated rings. The van der Waals surface area contributed by atoms with Crippen LogP contribution in [0.4, 0.5) is 0 Å². The van der Waals surface area contributed by atoms with Crippen LogP contribution < -0.4 is 5.73 Å². The maximum Gasteiger partial charge on any atom is 0.227 e. The van der Waals surface area contributed by atoms with E-state index in [0.717, 1.165) is 12.0 Å². The minimum atomic E-state index is -0.546. The van der Waals surface area contributed by atoms with Crippen LogP contribution in [-0.4, -0.2) is 5.91 Å². The van der Waals surface area contributed by atoms with Crippen LogP contribution in [-0.2, 0) is 10.2 Å². The summed E-state index contributed by atoms with van der Waals surface area (Å²) in [5.74, 6) is 0.199. The van der Waals surface area contributed by atoms with E-state index in [0.29, 0.717) is 5.92 Å². The van der Waals surface area contributed by atoms with Crippen molar-refractivity contribution in [1.29, 1.82) is 0 Å². The van der Waals surface area contributed by atoms with Crippen molar-refractivity contribution < 1.29 is 4.79 Å². The van der Waals surface area contributed by atoms with E-state index in [4.69, 9.17) is 5.73 Å². The van der Waals surface area contributed by atoms with Gasteiger partial charge in [-0.1, -0.05) is 44.2 Å². The lowest BCUT2D eigenvalue weighted by molar-refractivity contribution is -0.123. The average Bonchev–Trinajstić information content (AvgIpc) is 2.17.